The highest BCUT2D eigenvalue weighted by molar-refractivity contribution is 6.30. The van der Waals surface area contributed by atoms with E-state index in [1.54, 1.807) is 4.52 Å². The minimum atomic E-state index is 0.132. The lowest BCUT2D eigenvalue weighted by atomic mass is 10.0. The van der Waals surface area contributed by atoms with E-state index in [1.165, 1.54) is 11.1 Å². The zero-order chi connectivity index (χ0) is 23.7. The van der Waals surface area contributed by atoms with Gasteiger partial charge < -0.3 is 9.80 Å². The van der Waals surface area contributed by atoms with Crippen molar-refractivity contribution in [2.75, 3.05) is 31.1 Å². The van der Waals surface area contributed by atoms with Crippen LogP contribution in [0, 0.1) is 13.8 Å². The number of aromatic nitrogens is 4. The number of benzene rings is 2. The number of nitrogens with zero attached hydrogens (tertiary/aromatic N) is 6. The molecule has 0 aliphatic carbocycles. The smallest absolute Gasteiger partial charge is 0.223 e. The Kier molecular flexibility index (Phi) is 6.20. The van der Waals surface area contributed by atoms with Gasteiger partial charge in [0, 0.05) is 55.3 Å². The lowest BCUT2D eigenvalue weighted by molar-refractivity contribution is -0.131. The molecule has 1 fully saturated rings. The average Bonchev–Trinajstić information content (AvgIpc) is 3.26. The third kappa shape index (κ3) is 4.61. The van der Waals surface area contributed by atoms with Crippen molar-refractivity contribution in [1.82, 2.24) is 24.7 Å². The molecule has 0 radical (unpaired) electrons. The number of fused-ring (bicyclic) bond motifs is 1. The second kappa shape index (κ2) is 9.43. The van der Waals surface area contributed by atoms with E-state index in [4.69, 9.17) is 16.7 Å². The maximum absolute atomic E-state index is 12.9. The molecule has 7 nitrogen and oxygen atoms in total. The fourth-order valence-electron chi connectivity index (χ4n) is 4.31. The summed E-state index contributed by atoms with van der Waals surface area (Å²) in [5.74, 6) is 0.833. The van der Waals surface area contributed by atoms with Gasteiger partial charge in [0.15, 0.2) is 11.5 Å². The number of piperazine rings is 1. The molecule has 1 amide bonds. The van der Waals surface area contributed by atoms with Crippen molar-refractivity contribution in [3.63, 3.8) is 0 Å². The Hall–Kier alpha value is -3.45. The Morgan fingerprint density at radius 3 is 2.53 bits per heavy atom. The molecule has 2 aromatic carbocycles. The van der Waals surface area contributed by atoms with Crippen LogP contribution in [0.2, 0.25) is 5.02 Å². The second-order valence-corrected chi connectivity index (χ2v) is 9.19. The number of aryl methyl sites for hydroxylation is 3. The van der Waals surface area contributed by atoms with E-state index in [-0.39, 0.29) is 5.91 Å². The molecule has 34 heavy (non-hydrogen) atoms. The molecule has 174 valence electrons. The van der Waals surface area contributed by atoms with Crippen LogP contribution in [0.5, 0.6) is 0 Å². The molecule has 0 bridgehead atoms. The highest BCUT2D eigenvalue weighted by Crippen LogP contribution is 2.22. The van der Waals surface area contributed by atoms with Crippen LogP contribution < -0.4 is 4.90 Å². The van der Waals surface area contributed by atoms with E-state index in [1.807, 2.05) is 35.2 Å². The molecule has 0 N–H and O–H groups in total. The van der Waals surface area contributed by atoms with Gasteiger partial charge in [-0.05, 0) is 61.4 Å². The summed E-state index contributed by atoms with van der Waals surface area (Å²) in [6.45, 7) is 7.17. The van der Waals surface area contributed by atoms with Crippen LogP contribution in [0.3, 0.4) is 0 Å². The van der Waals surface area contributed by atoms with Crippen molar-refractivity contribution in [1.29, 1.82) is 0 Å². The van der Waals surface area contributed by atoms with Gasteiger partial charge in [-0.3, -0.25) is 4.79 Å². The molecule has 3 heterocycles. The molecule has 0 saturated carbocycles. The number of anilines is 1. The van der Waals surface area contributed by atoms with Crippen LogP contribution in [-0.2, 0) is 11.2 Å². The molecule has 2 aromatic heterocycles. The van der Waals surface area contributed by atoms with Crippen molar-refractivity contribution in [3.05, 3.63) is 76.6 Å². The minimum absolute atomic E-state index is 0.132. The standard InChI is InChI=1S/C26H27ClN6O/c1-18-6-7-20(16-19(18)2)23-8-9-24-28-29-25(33(24)30-23)10-11-26(34)32-14-12-31(13-15-32)22-5-3-4-21(27)17-22/h3-9,16-17H,10-15H2,1-2H3. The number of amides is 1. The van der Waals surface area contributed by atoms with Gasteiger partial charge >= 0.3 is 0 Å². The van der Waals surface area contributed by atoms with E-state index in [9.17, 15) is 4.79 Å². The Labute approximate surface area is 204 Å². The van der Waals surface area contributed by atoms with E-state index in [0.717, 1.165) is 35.1 Å². The number of hydrogen-bond donors (Lipinski definition) is 0. The van der Waals surface area contributed by atoms with Gasteiger partial charge in [0.1, 0.15) is 0 Å². The summed E-state index contributed by atoms with van der Waals surface area (Å²) < 4.78 is 1.76. The van der Waals surface area contributed by atoms with Crippen molar-refractivity contribution >= 4 is 28.8 Å². The summed E-state index contributed by atoms with van der Waals surface area (Å²) in [6, 6.07) is 18.1. The van der Waals surface area contributed by atoms with E-state index in [2.05, 4.69) is 53.2 Å². The number of carbonyl (C=O) groups excluding carboxylic acids is 1. The van der Waals surface area contributed by atoms with Crippen LogP contribution in [0.15, 0.2) is 54.6 Å². The molecule has 4 aromatic rings. The number of rotatable bonds is 5. The van der Waals surface area contributed by atoms with Gasteiger partial charge in [0.25, 0.3) is 0 Å². The van der Waals surface area contributed by atoms with Crippen LogP contribution in [-0.4, -0.2) is 56.8 Å². The molecule has 0 spiro atoms. The molecule has 1 aliphatic rings. The van der Waals surface area contributed by atoms with Gasteiger partial charge in [0.05, 0.1) is 5.69 Å². The maximum atomic E-state index is 12.9. The first-order chi connectivity index (χ1) is 16.5. The minimum Gasteiger partial charge on any atom is -0.368 e. The number of hydrogen-bond acceptors (Lipinski definition) is 5. The largest absolute Gasteiger partial charge is 0.368 e. The monoisotopic (exact) mass is 474 g/mol. The first kappa shape index (κ1) is 22.3. The van der Waals surface area contributed by atoms with Gasteiger partial charge in [0.2, 0.25) is 5.91 Å². The van der Waals surface area contributed by atoms with Crippen molar-refractivity contribution in [2.45, 2.75) is 26.7 Å². The van der Waals surface area contributed by atoms with Gasteiger partial charge in [-0.15, -0.1) is 10.2 Å². The van der Waals surface area contributed by atoms with Crippen molar-refractivity contribution in [3.8, 4) is 11.3 Å². The molecule has 8 heteroatoms. The van der Waals surface area contributed by atoms with Crippen molar-refractivity contribution in [2.24, 2.45) is 0 Å². The van der Waals surface area contributed by atoms with Gasteiger partial charge in [-0.25, -0.2) is 0 Å². The van der Waals surface area contributed by atoms with E-state index >= 15 is 0 Å². The van der Waals surface area contributed by atoms with Gasteiger partial charge in [-0.1, -0.05) is 29.8 Å². The molecule has 1 aliphatic heterocycles. The molecule has 0 atom stereocenters. The molecular formula is C26H27ClN6O. The van der Waals surface area contributed by atoms with E-state index in [0.29, 0.717) is 37.4 Å². The predicted octanol–water partition coefficient (Wildman–Crippen LogP) is 4.34. The maximum Gasteiger partial charge on any atom is 0.223 e. The lowest BCUT2D eigenvalue weighted by Gasteiger charge is -2.36. The highest BCUT2D eigenvalue weighted by Gasteiger charge is 2.22. The Morgan fingerprint density at radius 2 is 1.76 bits per heavy atom. The molecule has 5 rings (SSSR count). The van der Waals surface area contributed by atoms with Crippen LogP contribution >= 0.6 is 11.6 Å². The summed E-state index contributed by atoms with van der Waals surface area (Å²) in [4.78, 5) is 17.1. The summed E-state index contributed by atoms with van der Waals surface area (Å²) >= 11 is 6.12. The second-order valence-electron chi connectivity index (χ2n) is 8.75. The first-order valence-corrected chi connectivity index (χ1v) is 11.9. The number of halogens is 1. The average molecular weight is 475 g/mol. The molecular weight excluding hydrogens is 448 g/mol. The molecule has 0 unspecified atom stereocenters. The fourth-order valence-corrected chi connectivity index (χ4v) is 4.49. The third-order valence-corrected chi connectivity index (χ3v) is 6.73. The Balaban J connectivity index is 1.23. The Morgan fingerprint density at radius 1 is 0.941 bits per heavy atom. The van der Waals surface area contributed by atoms with Crippen LogP contribution in [0.25, 0.3) is 16.9 Å². The SMILES string of the molecule is Cc1ccc(-c2ccc3nnc(CCC(=O)N4CCN(c5cccc(Cl)c5)CC4)n3n2)cc1C. The number of carbonyl (C=O) groups is 1. The predicted molar refractivity (Wildman–Crippen MR) is 134 cm³/mol. The summed E-state index contributed by atoms with van der Waals surface area (Å²) in [7, 11) is 0. The summed E-state index contributed by atoms with van der Waals surface area (Å²) in [6.07, 6.45) is 0.880. The van der Waals surface area contributed by atoms with Crippen LogP contribution in [0.1, 0.15) is 23.4 Å². The van der Waals surface area contributed by atoms with Crippen molar-refractivity contribution < 1.29 is 4.79 Å². The Bertz CT molecular complexity index is 1340. The summed E-state index contributed by atoms with van der Waals surface area (Å²) in [5, 5.41) is 14.0. The topological polar surface area (TPSA) is 66.6 Å². The molecule has 1 saturated heterocycles. The normalized spacial score (nSPS) is 14.1. The third-order valence-electron chi connectivity index (χ3n) is 6.50. The summed E-state index contributed by atoms with van der Waals surface area (Å²) in [5.41, 5.74) is 6.18. The van der Waals surface area contributed by atoms with E-state index < -0.39 is 0 Å². The van der Waals surface area contributed by atoms with Crippen LogP contribution in [0.4, 0.5) is 5.69 Å². The fraction of sp³-hybridized carbons (Fsp3) is 0.308. The quantitative estimate of drug-likeness (QED) is 0.430. The lowest BCUT2D eigenvalue weighted by Crippen LogP contribution is -2.48. The zero-order valence-electron chi connectivity index (χ0n) is 19.4. The zero-order valence-corrected chi connectivity index (χ0v) is 20.2. The first-order valence-electron chi connectivity index (χ1n) is 11.6. The van der Waals surface area contributed by atoms with Gasteiger partial charge in [-0.2, -0.15) is 9.61 Å². The highest BCUT2D eigenvalue weighted by atomic mass is 35.5.